The first-order chi connectivity index (χ1) is 6.63. The quantitative estimate of drug-likeness (QED) is 0.809. The Hall–Kier alpha value is -0.580. The van der Waals surface area contributed by atoms with Crippen LogP contribution in [-0.2, 0) is 16.0 Å². The summed E-state index contributed by atoms with van der Waals surface area (Å²) >= 11 is 7.05. The molecule has 1 N–H and O–H groups in total. The number of rotatable bonds is 4. The van der Waals surface area contributed by atoms with Gasteiger partial charge in [0.05, 0.1) is 10.9 Å². The molecule has 0 bridgehead atoms. The molecule has 0 amide bonds. The first kappa shape index (κ1) is 11.5. The predicted octanol–water partition coefficient (Wildman–Crippen LogP) is 1.87. The molecule has 1 rings (SSSR count). The molecule has 0 saturated heterocycles. The summed E-state index contributed by atoms with van der Waals surface area (Å²) in [5.74, 6) is -0.586. The van der Waals surface area contributed by atoms with Crippen molar-refractivity contribution in [3.63, 3.8) is 0 Å². The third kappa shape index (κ3) is 3.29. The van der Waals surface area contributed by atoms with Gasteiger partial charge in [0.25, 0.3) is 0 Å². The van der Waals surface area contributed by atoms with Crippen molar-refractivity contribution in [2.24, 2.45) is 0 Å². The fourth-order valence-corrected chi connectivity index (χ4v) is 2.10. The van der Waals surface area contributed by atoms with Crippen molar-refractivity contribution < 1.29 is 14.6 Å². The van der Waals surface area contributed by atoms with Crippen molar-refractivity contribution in [2.75, 3.05) is 6.61 Å². The molecule has 0 spiro atoms. The van der Waals surface area contributed by atoms with Crippen molar-refractivity contribution >= 4 is 28.9 Å². The molecular weight excluding hydrogens is 224 g/mol. The molecular formula is C9H11ClO3S. The number of esters is 1. The number of aliphatic hydroxyl groups is 1. The number of aliphatic hydroxyl groups excluding tert-OH is 1. The fourth-order valence-electron chi connectivity index (χ4n) is 0.974. The third-order valence-electron chi connectivity index (χ3n) is 1.58. The molecule has 0 saturated carbocycles. The smallest absolute Gasteiger partial charge is 0.335 e. The van der Waals surface area contributed by atoms with E-state index in [0.29, 0.717) is 4.34 Å². The van der Waals surface area contributed by atoms with Crippen LogP contribution in [0, 0.1) is 0 Å². The lowest BCUT2D eigenvalue weighted by molar-refractivity contribution is -0.152. The highest BCUT2D eigenvalue weighted by Crippen LogP contribution is 2.22. The van der Waals surface area contributed by atoms with Gasteiger partial charge in [0.2, 0.25) is 0 Å². The Labute approximate surface area is 91.3 Å². The Morgan fingerprint density at radius 3 is 2.93 bits per heavy atom. The van der Waals surface area contributed by atoms with Gasteiger partial charge in [0.1, 0.15) is 0 Å². The highest BCUT2D eigenvalue weighted by molar-refractivity contribution is 7.16. The zero-order chi connectivity index (χ0) is 10.6. The van der Waals surface area contributed by atoms with Crippen LogP contribution < -0.4 is 0 Å². The van der Waals surface area contributed by atoms with Gasteiger partial charge in [0.15, 0.2) is 6.10 Å². The van der Waals surface area contributed by atoms with Crippen LogP contribution in [0.4, 0.5) is 0 Å². The van der Waals surface area contributed by atoms with Crippen molar-refractivity contribution in [3.05, 3.63) is 21.3 Å². The summed E-state index contributed by atoms with van der Waals surface area (Å²) in [6.45, 7) is 1.98. The van der Waals surface area contributed by atoms with Crippen LogP contribution in [0.25, 0.3) is 0 Å². The molecule has 78 valence electrons. The molecule has 0 radical (unpaired) electrons. The molecule has 0 fully saturated rings. The highest BCUT2D eigenvalue weighted by atomic mass is 35.5. The number of ether oxygens (including phenoxy) is 1. The molecule has 0 aliphatic carbocycles. The van der Waals surface area contributed by atoms with Gasteiger partial charge in [-0.2, -0.15) is 0 Å². The number of carbonyl (C=O) groups excluding carboxylic acids is 1. The van der Waals surface area contributed by atoms with Crippen LogP contribution in [0.1, 0.15) is 11.8 Å². The van der Waals surface area contributed by atoms with Gasteiger partial charge < -0.3 is 9.84 Å². The average Bonchev–Trinajstić information content (AvgIpc) is 2.51. The van der Waals surface area contributed by atoms with E-state index in [0.717, 1.165) is 4.88 Å². The number of halogens is 1. The van der Waals surface area contributed by atoms with Crippen LogP contribution in [0.5, 0.6) is 0 Å². The van der Waals surface area contributed by atoms with E-state index < -0.39 is 12.1 Å². The molecule has 0 aliphatic rings. The monoisotopic (exact) mass is 234 g/mol. The van der Waals surface area contributed by atoms with E-state index in [1.165, 1.54) is 11.3 Å². The predicted molar refractivity (Wildman–Crippen MR) is 55.7 cm³/mol. The molecule has 0 aromatic carbocycles. The first-order valence-electron chi connectivity index (χ1n) is 4.22. The van der Waals surface area contributed by atoms with Gasteiger partial charge >= 0.3 is 5.97 Å². The van der Waals surface area contributed by atoms with Crippen molar-refractivity contribution in [3.8, 4) is 0 Å². The topological polar surface area (TPSA) is 46.5 Å². The summed E-state index contributed by atoms with van der Waals surface area (Å²) in [7, 11) is 0. The Morgan fingerprint density at radius 1 is 1.71 bits per heavy atom. The summed E-state index contributed by atoms with van der Waals surface area (Å²) in [5, 5.41) is 9.40. The molecule has 14 heavy (non-hydrogen) atoms. The number of thiophene rings is 1. The van der Waals surface area contributed by atoms with E-state index in [-0.39, 0.29) is 13.0 Å². The largest absolute Gasteiger partial charge is 0.464 e. The molecule has 3 nitrogen and oxygen atoms in total. The van der Waals surface area contributed by atoms with Gasteiger partial charge in [-0.3, -0.25) is 0 Å². The zero-order valence-electron chi connectivity index (χ0n) is 7.70. The van der Waals surface area contributed by atoms with Crippen molar-refractivity contribution in [1.29, 1.82) is 0 Å². The van der Waals surface area contributed by atoms with E-state index in [1.54, 1.807) is 19.1 Å². The van der Waals surface area contributed by atoms with Gasteiger partial charge in [0, 0.05) is 11.3 Å². The maximum absolute atomic E-state index is 11.1. The SMILES string of the molecule is CCOC(=O)C(O)Cc1ccc(Cl)s1. The lowest BCUT2D eigenvalue weighted by atomic mass is 10.2. The molecule has 5 heteroatoms. The molecule has 1 heterocycles. The van der Waals surface area contributed by atoms with Gasteiger partial charge in [-0.1, -0.05) is 11.6 Å². The Balaban J connectivity index is 2.48. The fraction of sp³-hybridized carbons (Fsp3) is 0.444. The Morgan fingerprint density at radius 2 is 2.43 bits per heavy atom. The second-order valence-electron chi connectivity index (χ2n) is 2.68. The van der Waals surface area contributed by atoms with E-state index in [4.69, 9.17) is 11.6 Å². The Bertz CT molecular complexity index is 311. The zero-order valence-corrected chi connectivity index (χ0v) is 9.27. The lowest BCUT2D eigenvalue weighted by Crippen LogP contribution is -2.24. The summed E-state index contributed by atoms with van der Waals surface area (Å²) in [4.78, 5) is 11.9. The summed E-state index contributed by atoms with van der Waals surface area (Å²) < 4.78 is 5.31. The summed E-state index contributed by atoms with van der Waals surface area (Å²) in [5.41, 5.74) is 0. The standard InChI is InChI=1S/C9H11ClO3S/c1-2-13-9(12)7(11)5-6-3-4-8(10)14-6/h3-4,7,11H,2,5H2,1H3. The van der Waals surface area contributed by atoms with E-state index in [2.05, 4.69) is 4.74 Å². The van der Waals surface area contributed by atoms with Crippen LogP contribution >= 0.6 is 22.9 Å². The maximum Gasteiger partial charge on any atom is 0.335 e. The van der Waals surface area contributed by atoms with Crippen molar-refractivity contribution in [1.82, 2.24) is 0 Å². The molecule has 1 aromatic rings. The van der Waals surface area contributed by atoms with E-state index in [1.807, 2.05) is 0 Å². The van der Waals surface area contributed by atoms with Crippen molar-refractivity contribution in [2.45, 2.75) is 19.4 Å². The number of hydrogen-bond acceptors (Lipinski definition) is 4. The normalized spacial score (nSPS) is 12.5. The molecule has 1 unspecified atom stereocenters. The summed E-state index contributed by atoms with van der Waals surface area (Å²) in [6, 6.07) is 3.52. The highest BCUT2D eigenvalue weighted by Gasteiger charge is 2.17. The van der Waals surface area contributed by atoms with E-state index in [9.17, 15) is 9.90 Å². The Kier molecular flexibility index (Phi) is 4.38. The minimum absolute atomic E-state index is 0.260. The average molecular weight is 235 g/mol. The number of hydrogen-bond donors (Lipinski definition) is 1. The van der Waals surface area contributed by atoms with Crippen LogP contribution in [0.15, 0.2) is 12.1 Å². The first-order valence-corrected chi connectivity index (χ1v) is 5.42. The van der Waals surface area contributed by atoms with Gasteiger partial charge in [-0.05, 0) is 19.1 Å². The van der Waals surface area contributed by atoms with Crippen LogP contribution in [0.3, 0.4) is 0 Å². The second kappa shape index (κ2) is 5.34. The maximum atomic E-state index is 11.1. The van der Waals surface area contributed by atoms with Gasteiger partial charge in [-0.25, -0.2) is 4.79 Å². The van der Waals surface area contributed by atoms with Gasteiger partial charge in [-0.15, -0.1) is 11.3 Å². The van der Waals surface area contributed by atoms with Crippen LogP contribution in [0.2, 0.25) is 4.34 Å². The number of carbonyl (C=O) groups is 1. The minimum Gasteiger partial charge on any atom is -0.464 e. The van der Waals surface area contributed by atoms with Crippen LogP contribution in [-0.4, -0.2) is 23.8 Å². The minimum atomic E-state index is -1.09. The lowest BCUT2D eigenvalue weighted by Gasteiger charge is -2.07. The third-order valence-corrected chi connectivity index (χ3v) is 2.84. The molecule has 0 aliphatic heterocycles. The second-order valence-corrected chi connectivity index (χ2v) is 4.48. The molecule has 1 aromatic heterocycles. The van der Waals surface area contributed by atoms with E-state index >= 15 is 0 Å². The summed E-state index contributed by atoms with van der Waals surface area (Å²) in [6.07, 6.45) is -0.833. The molecule has 1 atom stereocenters.